The van der Waals surface area contributed by atoms with Gasteiger partial charge in [0.25, 0.3) is 0 Å². The molecule has 0 heterocycles. The molecule has 2 unspecified atom stereocenters. The third-order valence-corrected chi connectivity index (χ3v) is 4.60. The largest absolute Gasteiger partial charge is 0.121 e. The molecule has 0 rings (SSSR count). The SMILES string of the molecule is ClSC(Cl)C(Cl)SCl. The molecule has 0 saturated carbocycles. The molecular formula is C2H2Cl4S2. The maximum absolute atomic E-state index is 5.51. The van der Waals surface area contributed by atoms with Crippen LogP contribution in [0.3, 0.4) is 0 Å². The van der Waals surface area contributed by atoms with Gasteiger partial charge in [0.15, 0.2) is 0 Å². The van der Waals surface area contributed by atoms with Crippen LogP contribution in [0.15, 0.2) is 0 Å². The fraction of sp³-hybridized carbons (Fsp3) is 1.00. The van der Waals surface area contributed by atoms with Crippen molar-refractivity contribution in [1.82, 2.24) is 0 Å². The van der Waals surface area contributed by atoms with E-state index in [1.165, 1.54) is 0 Å². The lowest BCUT2D eigenvalue weighted by atomic mass is 10.9. The van der Waals surface area contributed by atoms with Gasteiger partial charge in [-0.3, -0.25) is 0 Å². The Morgan fingerprint density at radius 2 is 1.12 bits per heavy atom. The summed E-state index contributed by atoms with van der Waals surface area (Å²) in [4.78, 5) is 0. The Bertz CT molecular complexity index is 52.0. The van der Waals surface area contributed by atoms with Crippen LogP contribution in [0.1, 0.15) is 0 Å². The predicted octanol–water partition coefficient (Wildman–Crippen LogP) is 3.89. The first-order valence-corrected chi connectivity index (χ1v) is 5.83. The molecule has 2 atom stereocenters. The number of alkyl halides is 2. The second-order valence-electron chi connectivity index (χ2n) is 0.880. The normalized spacial score (nSPS) is 18.0. The van der Waals surface area contributed by atoms with Crippen LogP contribution in [-0.4, -0.2) is 9.42 Å². The highest BCUT2D eigenvalue weighted by Gasteiger charge is 2.15. The first-order chi connectivity index (χ1) is 3.72. The van der Waals surface area contributed by atoms with Gasteiger partial charge in [-0.25, -0.2) is 0 Å². The zero-order chi connectivity index (χ0) is 6.57. The van der Waals surface area contributed by atoms with Gasteiger partial charge < -0.3 is 0 Å². The Morgan fingerprint density at radius 1 is 0.875 bits per heavy atom. The maximum atomic E-state index is 5.51. The van der Waals surface area contributed by atoms with Crippen molar-refractivity contribution in [2.45, 2.75) is 9.42 Å². The average molecular weight is 232 g/mol. The Morgan fingerprint density at radius 3 is 1.25 bits per heavy atom. The first-order valence-electron chi connectivity index (χ1n) is 1.55. The van der Waals surface area contributed by atoms with Gasteiger partial charge in [-0.15, -0.1) is 23.2 Å². The van der Waals surface area contributed by atoms with E-state index in [1.54, 1.807) is 0 Å². The zero-order valence-corrected chi connectivity index (χ0v) is 8.14. The molecule has 0 aromatic rings. The van der Waals surface area contributed by atoms with Gasteiger partial charge in [-0.05, 0) is 43.3 Å². The maximum Gasteiger partial charge on any atom is 0.121 e. The molecule has 8 heavy (non-hydrogen) atoms. The molecule has 50 valence electrons. The zero-order valence-electron chi connectivity index (χ0n) is 3.48. The van der Waals surface area contributed by atoms with E-state index in [9.17, 15) is 0 Å². The van der Waals surface area contributed by atoms with Crippen molar-refractivity contribution in [2.24, 2.45) is 0 Å². The molecule has 0 nitrogen and oxygen atoms in total. The molecule has 0 saturated heterocycles. The molecule has 6 heteroatoms. The van der Waals surface area contributed by atoms with Gasteiger partial charge in [0.05, 0.1) is 0 Å². The van der Waals surface area contributed by atoms with Crippen LogP contribution in [0.5, 0.6) is 0 Å². The highest BCUT2D eigenvalue weighted by atomic mass is 35.7. The van der Waals surface area contributed by atoms with Gasteiger partial charge >= 0.3 is 0 Å². The van der Waals surface area contributed by atoms with Gasteiger partial charge in [-0.2, -0.15) is 0 Å². The summed E-state index contributed by atoms with van der Waals surface area (Å²) in [5, 5.41) is 0. The summed E-state index contributed by atoms with van der Waals surface area (Å²) in [6.07, 6.45) is 0. The van der Waals surface area contributed by atoms with Crippen LogP contribution in [-0.2, 0) is 0 Å². The summed E-state index contributed by atoms with van der Waals surface area (Å²) in [7, 11) is 12.4. The average Bonchev–Trinajstić information content (AvgIpc) is 1.84. The fourth-order valence-corrected chi connectivity index (χ4v) is 2.18. The van der Waals surface area contributed by atoms with Gasteiger partial charge in [0, 0.05) is 0 Å². The molecule has 0 aliphatic carbocycles. The minimum atomic E-state index is -0.333. The molecule has 0 amide bonds. The van der Waals surface area contributed by atoms with Crippen LogP contribution >= 0.6 is 66.5 Å². The second kappa shape index (κ2) is 5.63. The molecule has 0 bridgehead atoms. The van der Waals surface area contributed by atoms with Crippen LogP contribution in [0.4, 0.5) is 0 Å². The Hall–Kier alpha value is 1.86. The van der Waals surface area contributed by atoms with Gasteiger partial charge in [-0.1, -0.05) is 0 Å². The highest BCUT2D eigenvalue weighted by Crippen LogP contribution is 2.34. The van der Waals surface area contributed by atoms with Crippen molar-refractivity contribution in [2.75, 3.05) is 0 Å². The Labute approximate surface area is 75.6 Å². The fourth-order valence-electron chi connectivity index (χ4n) is 0.0809. The third kappa shape index (κ3) is 3.80. The van der Waals surface area contributed by atoms with Crippen LogP contribution < -0.4 is 0 Å². The molecule has 0 spiro atoms. The molecule has 0 radical (unpaired) electrons. The minimum absolute atomic E-state index is 0.333. The van der Waals surface area contributed by atoms with E-state index >= 15 is 0 Å². The highest BCUT2D eigenvalue weighted by molar-refractivity contribution is 8.25. The number of hydrogen-bond acceptors (Lipinski definition) is 2. The molecule has 0 aromatic heterocycles. The van der Waals surface area contributed by atoms with Gasteiger partial charge in [0.2, 0.25) is 0 Å². The van der Waals surface area contributed by atoms with E-state index in [0.717, 1.165) is 22.0 Å². The lowest BCUT2D eigenvalue weighted by molar-refractivity contribution is 1.34. The van der Waals surface area contributed by atoms with Crippen LogP contribution in [0.25, 0.3) is 0 Å². The van der Waals surface area contributed by atoms with Crippen molar-refractivity contribution in [3.8, 4) is 0 Å². The lowest BCUT2D eigenvalue weighted by Gasteiger charge is -2.05. The Kier molecular flexibility index (Phi) is 6.94. The van der Waals surface area contributed by atoms with E-state index in [2.05, 4.69) is 0 Å². The summed E-state index contributed by atoms with van der Waals surface area (Å²) in [5.41, 5.74) is 0. The Balaban J connectivity index is 3.29. The van der Waals surface area contributed by atoms with Gasteiger partial charge in [0.1, 0.15) is 9.42 Å². The van der Waals surface area contributed by atoms with Crippen molar-refractivity contribution < 1.29 is 0 Å². The molecular weight excluding hydrogens is 230 g/mol. The van der Waals surface area contributed by atoms with Crippen molar-refractivity contribution in [1.29, 1.82) is 0 Å². The van der Waals surface area contributed by atoms with E-state index in [0.29, 0.717) is 0 Å². The van der Waals surface area contributed by atoms with Crippen molar-refractivity contribution in [3.05, 3.63) is 0 Å². The standard InChI is InChI=1S/C2H2Cl4S2/c3-1(7-5)2(4)8-6/h1-2H. The topological polar surface area (TPSA) is 0 Å². The number of hydrogen-bond donors (Lipinski definition) is 0. The molecule has 0 fully saturated rings. The monoisotopic (exact) mass is 230 g/mol. The van der Waals surface area contributed by atoms with E-state index < -0.39 is 0 Å². The molecule has 0 N–H and O–H groups in total. The van der Waals surface area contributed by atoms with Crippen molar-refractivity contribution in [3.63, 3.8) is 0 Å². The minimum Gasteiger partial charge on any atom is -0.107 e. The summed E-state index contributed by atoms with van der Waals surface area (Å²) in [6.45, 7) is 0. The molecule has 0 aromatic carbocycles. The van der Waals surface area contributed by atoms with Crippen LogP contribution in [0, 0.1) is 0 Å². The predicted molar refractivity (Wildman–Crippen MR) is 46.2 cm³/mol. The quantitative estimate of drug-likeness (QED) is 0.677. The first kappa shape index (κ1) is 9.86. The summed E-state index contributed by atoms with van der Waals surface area (Å²) in [5.74, 6) is 0. The summed E-state index contributed by atoms with van der Waals surface area (Å²) < 4.78 is -0.665. The molecule has 0 aliphatic heterocycles. The van der Waals surface area contributed by atoms with Crippen molar-refractivity contribution >= 4 is 66.5 Å². The van der Waals surface area contributed by atoms with E-state index in [-0.39, 0.29) is 9.42 Å². The molecule has 0 aliphatic rings. The summed E-state index contributed by atoms with van der Waals surface area (Å²) >= 11 is 11.0. The number of halogens is 4. The summed E-state index contributed by atoms with van der Waals surface area (Å²) in [6, 6.07) is 0. The van der Waals surface area contributed by atoms with E-state index in [1.807, 2.05) is 0 Å². The second-order valence-corrected chi connectivity index (χ2v) is 4.78. The lowest BCUT2D eigenvalue weighted by Crippen LogP contribution is -2.01. The third-order valence-electron chi connectivity index (χ3n) is 0.376. The smallest absolute Gasteiger partial charge is 0.107 e. The van der Waals surface area contributed by atoms with E-state index in [4.69, 9.17) is 44.6 Å². The van der Waals surface area contributed by atoms with Crippen LogP contribution in [0.2, 0.25) is 0 Å². The number of rotatable bonds is 3.